The van der Waals surface area contributed by atoms with E-state index >= 15 is 0 Å². The molecule has 26 heavy (non-hydrogen) atoms. The van der Waals surface area contributed by atoms with Gasteiger partial charge in [-0.05, 0) is 70.5 Å². The first-order chi connectivity index (χ1) is 12.5. The van der Waals surface area contributed by atoms with E-state index in [-0.39, 0.29) is 12.5 Å². The first kappa shape index (κ1) is 18.3. The number of hydrogen-bond donors (Lipinski definition) is 1. The highest BCUT2D eigenvalue weighted by atomic mass is 79.9. The topological polar surface area (TPSA) is 50.7 Å². The lowest BCUT2D eigenvalue weighted by Gasteiger charge is -2.05. The molecule has 1 amide bonds. The summed E-state index contributed by atoms with van der Waals surface area (Å²) in [7, 11) is 0. The molecule has 6 heteroatoms. The van der Waals surface area contributed by atoms with Crippen LogP contribution in [0.3, 0.4) is 0 Å². The molecule has 0 atom stereocenters. The van der Waals surface area contributed by atoms with Gasteiger partial charge in [0.25, 0.3) is 5.91 Å². The Morgan fingerprint density at radius 2 is 2.08 bits per heavy atom. The number of ether oxygens (including phenoxy) is 1. The minimum Gasteiger partial charge on any atom is -0.480 e. The Bertz CT molecular complexity index is 943. The summed E-state index contributed by atoms with van der Waals surface area (Å²) < 4.78 is 6.19. The summed E-state index contributed by atoms with van der Waals surface area (Å²) in [6, 6.07) is 13.4. The van der Waals surface area contributed by atoms with Gasteiger partial charge in [0.1, 0.15) is 12.4 Å². The molecule has 4 nitrogen and oxygen atoms in total. The molecule has 0 aliphatic carbocycles. The number of nitrogens with one attached hydrogen (secondary N) is 1. The number of hydrogen-bond acceptors (Lipinski definition) is 4. The number of nitrogens with zero attached hydrogens (tertiary/aromatic N) is 1. The number of amides is 1. The molecule has 1 aliphatic rings. The van der Waals surface area contributed by atoms with Gasteiger partial charge in [0.15, 0.2) is 5.17 Å². The lowest BCUT2D eigenvalue weighted by molar-refractivity contribution is -0.115. The number of thioether (sulfide) groups is 1. The van der Waals surface area contributed by atoms with Gasteiger partial charge >= 0.3 is 0 Å². The Labute approximate surface area is 164 Å². The average Bonchev–Trinajstić information content (AvgIpc) is 2.95. The third-order valence-corrected chi connectivity index (χ3v) is 5.01. The van der Waals surface area contributed by atoms with Gasteiger partial charge in [0, 0.05) is 0 Å². The van der Waals surface area contributed by atoms with E-state index in [4.69, 9.17) is 11.2 Å². The van der Waals surface area contributed by atoms with Crippen LogP contribution < -0.4 is 10.1 Å². The Balaban J connectivity index is 1.77. The van der Waals surface area contributed by atoms with E-state index in [1.165, 1.54) is 11.8 Å². The third-order valence-electron chi connectivity index (χ3n) is 3.48. The van der Waals surface area contributed by atoms with Crippen LogP contribution in [0.5, 0.6) is 5.75 Å². The van der Waals surface area contributed by atoms with E-state index in [0.29, 0.717) is 15.8 Å². The largest absolute Gasteiger partial charge is 0.480 e. The van der Waals surface area contributed by atoms with Gasteiger partial charge in [0.05, 0.1) is 15.1 Å². The second-order valence-corrected chi connectivity index (χ2v) is 7.38. The van der Waals surface area contributed by atoms with Crippen LogP contribution in [0.4, 0.5) is 5.69 Å². The Morgan fingerprint density at radius 1 is 1.31 bits per heavy atom. The van der Waals surface area contributed by atoms with E-state index in [1.807, 2.05) is 55.5 Å². The van der Waals surface area contributed by atoms with Crippen molar-refractivity contribution in [3.63, 3.8) is 0 Å². The molecule has 0 spiro atoms. The molecule has 130 valence electrons. The highest BCUT2D eigenvalue weighted by Gasteiger charge is 2.23. The van der Waals surface area contributed by atoms with E-state index in [0.717, 1.165) is 21.3 Å². The van der Waals surface area contributed by atoms with Crippen LogP contribution >= 0.6 is 27.7 Å². The van der Waals surface area contributed by atoms with Gasteiger partial charge in [0.2, 0.25) is 0 Å². The lowest BCUT2D eigenvalue weighted by atomic mass is 10.2. The van der Waals surface area contributed by atoms with Gasteiger partial charge in [-0.25, -0.2) is 4.99 Å². The summed E-state index contributed by atoms with van der Waals surface area (Å²) in [4.78, 5) is 17.2. The second-order valence-electron chi connectivity index (χ2n) is 5.50. The van der Waals surface area contributed by atoms with Crippen LogP contribution in [0.15, 0.2) is 56.8 Å². The Hall–Kier alpha value is -2.49. The fraction of sp³-hybridized carbons (Fsp3) is 0.100. The molecule has 0 aromatic heterocycles. The monoisotopic (exact) mass is 426 g/mol. The number of aryl methyl sites for hydroxylation is 1. The maximum absolute atomic E-state index is 12.2. The summed E-state index contributed by atoms with van der Waals surface area (Å²) in [6.07, 6.45) is 7.01. The van der Waals surface area contributed by atoms with Gasteiger partial charge in [-0.15, -0.1) is 6.42 Å². The summed E-state index contributed by atoms with van der Waals surface area (Å²) in [5, 5.41) is 3.36. The molecule has 1 fully saturated rings. The van der Waals surface area contributed by atoms with E-state index in [2.05, 4.69) is 32.2 Å². The number of amidine groups is 1. The molecule has 0 saturated carbocycles. The predicted molar refractivity (Wildman–Crippen MR) is 110 cm³/mol. The van der Waals surface area contributed by atoms with Crippen LogP contribution in [0.1, 0.15) is 11.1 Å². The molecule has 2 aromatic carbocycles. The smallest absolute Gasteiger partial charge is 0.264 e. The van der Waals surface area contributed by atoms with E-state index in [9.17, 15) is 4.79 Å². The van der Waals surface area contributed by atoms with Crippen LogP contribution in [-0.4, -0.2) is 17.7 Å². The second kappa shape index (κ2) is 8.26. The Morgan fingerprint density at radius 3 is 2.77 bits per heavy atom. The molecule has 0 unspecified atom stereocenters. The number of carbonyl (C=O) groups excluding carboxylic acids is 1. The van der Waals surface area contributed by atoms with Crippen molar-refractivity contribution in [2.24, 2.45) is 4.99 Å². The molecule has 1 N–H and O–H groups in total. The maximum Gasteiger partial charge on any atom is 0.264 e. The van der Waals surface area contributed by atoms with Gasteiger partial charge < -0.3 is 10.1 Å². The molecule has 0 radical (unpaired) electrons. The molecule has 1 aliphatic heterocycles. The zero-order chi connectivity index (χ0) is 18.5. The number of aliphatic imine (C=N–C) groups is 1. The van der Waals surface area contributed by atoms with Crippen LogP contribution in [0, 0.1) is 19.3 Å². The van der Waals surface area contributed by atoms with Crippen molar-refractivity contribution in [1.29, 1.82) is 0 Å². The predicted octanol–water partition coefficient (Wildman–Crippen LogP) is 4.66. The number of benzene rings is 2. The maximum atomic E-state index is 12.2. The first-order valence-corrected chi connectivity index (χ1v) is 9.38. The first-order valence-electron chi connectivity index (χ1n) is 7.77. The SMILES string of the molecule is C#CCOc1ccc(/C=C2/SC(=Nc3ccc(C)cc3)NC2=O)cc1Br. The van der Waals surface area contributed by atoms with Gasteiger partial charge in [-0.2, -0.15) is 0 Å². The average molecular weight is 427 g/mol. The number of carbonyl (C=O) groups is 1. The third kappa shape index (κ3) is 4.57. The van der Waals surface area contributed by atoms with Crippen LogP contribution in [0.2, 0.25) is 0 Å². The molecular formula is C20H15BrN2O2S. The molecule has 1 heterocycles. The van der Waals surface area contributed by atoms with Crippen LogP contribution in [-0.2, 0) is 4.79 Å². The van der Waals surface area contributed by atoms with Crippen molar-refractivity contribution in [3.05, 3.63) is 63.0 Å². The van der Waals surface area contributed by atoms with E-state index in [1.54, 1.807) is 0 Å². The molecule has 0 bridgehead atoms. The Kier molecular flexibility index (Phi) is 5.82. The molecule has 2 aromatic rings. The molecule has 1 saturated heterocycles. The van der Waals surface area contributed by atoms with Crippen molar-refractivity contribution in [2.45, 2.75) is 6.92 Å². The number of halogens is 1. The summed E-state index contributed by atoms with van der Waals surface area (Å²) in [6.45, 7) is 2.22. The molecular weight excluding hydrogens is 412 g/mol. The zero-order valence-electron chi connectivity index (χ0n) is 14.0. The van der Waals surface area contributed by atoms with Crippen molar-refractivity contribution < 1.29 is 9.53 Å². The summed E-state index contributed by atoms with van der Waals surface area (Å²) in [5.41, 5.74) is 2.84. The van der Waals surface area contributed by atoms with E-state index < -0.39 is 0 Å². The number of terminal acetylenes is 1. The van der Waals surface area contributed by atoms with Crippen molar-refractivity contribution in [1.82, 2.24) is 5.32 Å². The zero-order valence-corrected chi connectivity index (χ0v) is 16.4. The van der Waals surface area contributed by atoms with Gasteiger partial charge in [-0.3, -0.25) is 4.79 Å². The number of rotatable bonds is 4. The van der Waals surface area contributed by atoms with Crippen molar-refractivity contribution in [2.75, 3.05) is 6.61 Å². The van der Waals surface area contributed by atoms with Crippen LogP contribution in [0.25, 0.3) is 6.08 Å². The quantitative estimate of drug-likeness (QED) is 0.571. The van der Waals surface area contributed by atoms with Crippen molar-refractivity contribution >= 4 is 50.5 Å². The van der Waals surface area contributed by atoms with Crippen molar-refractivity contribution in [3.8, 4) is 18.1 Å². The fourth-order valence-corrected chi connectivity index (χ4v) is 3.56. The lowest BCUT2D eigenvalue weighted by Crippen LogP contribution is -2.19. The fourth-order valence-electron chi connectivity index (χ4n) is 2.21. The van der Waals surface area contributed by atoms with Gasteiger partial charge in [-0.1, -0.05) is 29.7 Å². The normalized spacial score (nSPS) is 16.6. The minimum absolute atomic E-state index is 0.162. The highest BCUT2D eigenvalue weighted by Crippen LogP contribution is 2.31. The highest BCUT2D eigenvalue weighted by molar-refractivity contribution is 9.10. The summed E-state index contributed by atoms with van der Waals surface area (Å²) in [5.74, 6) is 2.93. The molecule has 3 rings (SSSR count). The summed E-state index contributed by atoms with van der Waals surface area (Å²) >= 11 is 4.76. The standard InChI is InChI=1S/C20H15BrN2O2S/c1-3-10-25-17-9-6-14(11-16(17)21)12-18-19(24)23-20(26-18)22-15-7-4-13(2)5-8-15/h1,4-9,11-12H,10H2,2H3,(H,22,23,24)/b18-12+. The minimum atomic E-state index is -0.162.